The molecule has 1 heterocycles. The molecule has 180 valence electrons. The van der Waals surface area contributed by atoms with Gasteiger partial charge in [0.15, 0.2) is 0 Å². The van der Waals surface area contributed by atoms with Gasteiger partial charge >= 0.3 is 5.97 Å². The second-order valence-corrected chi connectivity index (χ2v) is 8.99. The summed E-state index contributed by atoms with van der Waals surface area (Å²) in [5.74, 6) is 1.98. The first-order valence-corrected chi connectivity index (χ1v) is 12.3. The number of hydrogen-bond donors (Lipinski definition) is 0. The zero-order valence-electron chi connectivity index (χ0n) is 20.3. The third-order valence-corrected chi connectivity index (χ3v) is 6.10. The van der Waals surface area contributed by atoms with Crippen molar-refractivity contribution in [1.29, 1.82) is 0 Å². The van der Waals surface area contributed by atoms with Crippen LogP contribution in [0.5, 0.6) is 0 Å². The maximum Gasteiger partial charge on any atom is 0.323 e. The van der Waals surface area contributed by atoms with Crippen LogP contribution in [0.4, 0.5) is 0 Å². The van der Waals surface area contributed by atoms with Crippen LogP contribution < -0.4 is 0 Å². The van der Waals surface area contributed by atoms with Crippen LogP contribution in [0.25, 0.3) is 0 Å². The van der Waals surface area contributed by atoms with E-state index in [-0.39, 0.29) is 24.5 Å². The number of amides is 1. The lowest BCUT2D eigenvalue weighted by Gasteiger charge is -2.32. The van der Waals surface area contributed by atoms with Gasteiger partial charge in [0.1, 0.15) is 17.6 Å². The Bertz CT molecular complexity index is 875. The molecule has 0 unspecified atom stereocenters. The van der Waals surface area contributed by atoms with Crippen LogP contribution in [-0.4, -0.2) is 54.0 Å². The van der Waals surface area contributed by atoms with Crippen LogP contribution in [0.2, 0.25) is 0 Å². The van der Waals surface area contributed by atoms with E-state index in [1.54, 1.807) is 0 Å². The van der Waals surface area contributed by atoms with Crippen LogP contribution >= 0.6 is 0 Å². The highest BCUT2D eigenvalue weighted by Crippen LogP contribution is 2.31. The Morgan fingerprint density at radius 2 is 1.88 bits per heavy atom. The highest BCUT2D eigenvalue weighted by molar-refractivity contribution is 5.80. The Kier molecular flexibility index (Phi) is 9.55. The molecule has 1 aliphatic rings. The molecule has 1 aliphatic carbocycles. The second-order valence-electron chi connectivity index (χ2n) is 8.99. The van der Waals surface area contributed by atoms with Crippen LogP contribution in [0.3, 0.4) is 0 Å². The quantitative estimate of drug-likeness (QED) is 0.390. The molecule has 0 aliphatic heterocycles. The lowest BCUT2D eigenvalue weighted by atomic mass is 10.1. The molecule has 33 heavy (non-hydrogen) atoms. The fraction of sp³-hybridized carbons (Fsp3) is 0.556. The fourth-order valence-electron chi connectivity index (χ4n) is 4.13. The number of carbonyl (C=O) groups is 2. The molecular weight excluding hydrogens is 416 g/mol. The van der Waals surface area contributed by atoms with Gasteiger partial charge < -0.3 is 14.1 Å². The van der Waals surface area contributed by atoms with Crippen molar-refractivity contribution in [2.24, 2.45) is 5.92 Å². The molecule has 1 saturated carbocycles. The summed E-state index contributed by atoms with van der Waals surface area (Å²) < 4.78 is 11.1. The molecule has 0 spiro atoms. The van der Waals surface area contributed by atoms with Crippen molar-refractivity contribution in [2.45, 2.75) is 65.5 Å². The molecule has 1 atom stereocenters. The third kappa shape index (κ3) is 8.04. The summed E-state index contributed by atoms with van der Waals surface area (Å²) in [6, 6.07) is 13.7. The Labute approximate surface area is 197 Å². The zero-order valence-corrected chi connectivity index (χ0v) is 20.3. The molecular formula is C27H38N2O4. The molecule has 1 amide bonds. The van der Waals surface area contributed by atoms with Crippen molar-refractivity contribution in [3.05, 3.63) is 59.5 Å². The summed E-state index contributed by atoms with van der Waals surface area (Å²) in [5.41, 5.74) is 1.19. The number of benzene rings is 1. The molecule has 0 radical (unpaired) electrons. The summed E-state index contributed by atoms with van der Waals surface area (Å²) in [4.78, 5) is 30.2. The van der Waals surface area contributed by atoms with Crippen molar-refractivity contribution in [3.63, 3.8) is 0 Å². The first kappa shape index (κ1) is 25.0. The number of hydrogen-bond acceptors (Lipinski definition) is 5. The maximum atomic E-state index is 13.6. The number of nitrogens with zero attached hydrogens (tertiary/aromatic N) is 2. The smallest absolute Gasteiger partial charge is 0.323 e. The molecule has 0 N–H and O–H groups in total. The molecule has 0 saturated heterocycles. The van der Waals surface area contributed by atoms with Gasteiger partial charge in [-0.15, -0.1) is 0 Å². The van der Waals surface area contributed by atoms with Gasteiger partial charge in [-0.05, 0) is 63.1 Å². The molecule has 3 rings (SSSR count). The SMILES string of the molecule is CCC[C@H](C(=O)OCC)N(CC(=O)N(CCc1ccccc1)Cc1ccc(C)o1)CC1CC1. The molecule has 1 aromatic heterocycles. The van der Waals surface area contributed by atoms with E-state index in [1.807, 2.05) is 49.1 Å². The number of esters is 1. The Morgan fingerprint density at radius 1 is 1.12 bits per heavy atom. The average Bonchev–Trinajstić information content (AvgIpc) is 3.53. The van der Waals surface area contributed by atoms with Gasteiger partial charge in [0.25, 0.3) is 0 Å². The minimum Gasteiger partial charge on any atom is -0.465 e. The summed E-state index contributed by atoms with van der Waals surface area (Å²) in [6.07, 6.45) is 4.65. The van der Waals surface area contributed by atoms with Crippen LogP contribution in [0, 0.1) is 12.8 Å². The van der Waals surface area contributed by atoms with Gasteiger partial charge in [0, 0.05) is 13.1 Å². The van der Waals surface area contributed by atoms with E-state index in [0.29, 0.717) is 32.0 Å². The van der Waals surface area contributed by atoms with E-state index in [9.17, 15) is 9.59 Å². The summed E-state index contributed by atoms with van der Waals surface area (Å²) in [6.45, 7) is 8.15. The predicted octanol–water partition coefficient (Wildman–Crippen LogP) is 4.60. The summed E-state index contributed by atoms with van der Waals surface area (Å²) in [7, 11) is 0. The molecule has 6 heteroatoms. The van der Waals surface area contributed by atoms with Crippen LogP contribution in [-0.2, 0) is 27.3 Å². The Morgan fingerprint density at radius 3 is 2.48 bits per heavy atom. The van der Waals surface area contributed by atoms with Crippen molar-refractivity contribution in [3.8, 4) is 0 Å². The highest BCUT2D eigenvalue weighted by atomic mass is 16.5. The minimum absolute atomic E-state index is 0.0195. The van der Waals surface area contributed by atoms with Crippen LogP contribution in [0.1, 0.15) is 56.6 Å². The molecule has 2 aromatic rings. The average molecular weight is 455 g/mol. The number of rotatable bonds is 14. The standard InChI is InChI=1S/C27H38N2O4/c1-4-9-25(27(31)32-5-2)29(18-23-13-14-23)20-26(30)28(19-24-15-12-21(3)33-24)17-16-22-10-7-6-8-11-22/h6-8,10-12,15,23,25H,4-5,9,13-14,16-20H2,1-3H3/t25-/m1/s1. The number of aryl methyl sites for hydroxylation is 1. The Hall–Kier alpha value is -2.60. The van der Waals surface area contributed by atoms with Gasteiger partial charge in [-0.2, -0.15) is 0 Å². The lowest BCUT2D eigenvalue weighted by molar-refractivity contribution is -0.151. The number of furan rings is 1. The Balaban J connectivity index is 1.74. The van der Waals surface area contributed by atoms with E-state index < -0.39 is 0 Å². The molecule has 1 fully saturated rings. The predicted molar refractivity (Wildman–Crippen MR) is 129 cm³/mol. The van der Waals surface area contributed by atoms with Gasteiger partial charge in [-0.3, -0.25) is 14.5 Å². The fourth-order valence-corrected chi connectivity index (χ4v) is 4.13. The first-order valence-electron chi connectivity index (χ1n) is 12.3. The van der Waals surface area contributed by atoms with Crippen molar-refractivity contribution in [1.82, 2.24) is 9.80 Å². The normalized spacial score (nSPS) is 14.3. The van der Waals surface area contributed by atoms with E-state index in [4.69, 9.17) is 9.15 Å². The second kappa shape index (κ2) is 12.6. The van der Waals surface area contributed by atoms with E-state index in [0.717, 1.165) is 43.7 Å². The van der Waals surface area contributed by atoms with Crippen LogP contribution in [0.15, 0.2) is 46.9 Å². The lowest BCUT2D eigenvalue weighted by Crippen LogP contribution is -2.49. The van der Waals surface area contributed by atoms with Gasteiger partial charge in [-0.25, -0.2) is 0 Å². The van der Waals surface area contributed by atoms with Crippen molar-refractivity contribution in [2.75, 3.05) is 26.2 Å². The first-order chi connectivity index (χ1) is 16.0. The molecule has 6 nitrogen and oxygen atoms in total. The number of carbonyl (C=O) groups excluding carboxylic acids is 2. The zero-order chi connectivity index (χ0) is 23.6. The topological polar surface area (TPSA) is 63.0 Å². The highest BCUT2D eigenvalue weighted by Gasteiger charge is 2.34. The van der Waals surface area contributed by atoms with Gasteiger partial charge in [-0.1, -0.05) is 43.7 Å². The van der Waals surface area contributed by atoms with Crippen molar-refractivity contribution >= 4 is 11.9 Å². The van der Waals surface area contributed by atoms with E-state index in [1.165, 1.54) is 5.56 Å². The monoisotopic (exact) mass is 454 g/mol. The van der Waals surface area contributed by atoms with E-state index in [2.05, 4.69) is 24.0 Å². The largest absolute Gasteiger partial charge is 0.465 e. The maximum absolute atomic E-state index is 13.6. The van der Waals surface area contributed by atoms with Gasteiger partial charge in [0.05, 0.1) is 19.7 Å². The van der Waals surface area contributed by atoms with Gasteiger partial charge in [0.2, 0.25) is 5.91 Å². The molecule has 0 bridgehead atoms. The summed E-state index contributed by atoms with van der Waals surface area (Å²) >= 11 is 0. The number of ether oxygens (including phenoxy) is 1. The van der Waals surface area contributed by atoms with Crippen molar-refractivity contribution < 1.29 is 18.7 Å². The molecule has 1 aromatic carbocycles. The van der Waals surface area contributed by atoms with E-state index >= 15 is 0 Å². The minimum atomic E-state index is -0.374. The summed E-state index contributed by atoms with van der Waals surface area (Å²) in [5, 5.41) is 0. The third-order valence-electron chi connectivity index (χ3n) is 6.10.